The maximum Gasteiger partial charge on any atom is 0.337 e. The molecule has 2 aromatic rings. The standard InChI is InChI=1S/C15H14ClNO3/c1-17(11-4-6-12(20-2)7-5-11)14-9-10(16)3-8-13(14)15(18)19/h3-9H,1-2H3,(H,18,19). The minimum Gasteiger partial charge on any atom is -0.497 e. The van der Waals surface area contributed by atoms with Gasteiger partial charge in [0.1, 0.15) is 5.75 Å². The van der Waals surface area contributed by atoms with Gasteiger partial charge in [0.05, 0.1) is 18.4 Å². The third-order valence-corrected chi connectivity index (χ3v) is 3.25. The van der Waals surface area contributed by atoms with Gasteiger partial charge in [-0.25, -0.2) is 4.79 Å². The largest absolute Gasteiger partial charge is 0.497 e. The molecule has 0 saturated carbocycles. The minimum absolute atomic E-state index is 0.202. The van der Waals surface area contributed by atoms with E-state index in [1.165, 1.54) is 6.07 Å². The Labute approximate surface area is 122 Å². The monoisotopic (exact) mass is 291 g/mol. The van der Waals surface area contributed by atoms with Crippen LogP contribution in [-0.4, -0.2) is 25.2 Å². The lowest BCUT2D eigenvalue weighted by Gasteiger charge is -2.22. The third kappa shape index (κ3) is 2.86. The zero-order valence-corrected chi connectivity index (χ0v) is 11.9. The predicted molar refractivity (Wildman–Crippen MR) is 79.5 cm³/mol. The highest BCUT2D eigenvalue weighted by molar-refractivity contribution is 6.31. The number of halogens is 1. The van der Waals surface area contributed by atoms with Gasteiger partial charge in [0.25, 0.3) is 0 Å². The fraction of sp³-hybridized carbons (Fsp3) is 0.133. The van der Waals surface area contributed by atoms with E-state index in [0.29, 0.717) is 10.7 Å². The lowest BCUT2D eigenvalue weighted by molar-refractivity contribution is 0.0697. The quantitative estimate of drug-likeness (QED) is 0.930. The van der Waals surface area contributed by atoms with Crippen molar-refractivity contribution in [3.63, 3.8) is 0 Å². The molecule has 20 heavy (non-hydrogen) atoms. The molecule has 0 radical (unpaired) electrons. The molecular weight excluding hydrogens is 278 g/mol. The molecule has 0 aliphatic heterocycles. The van der Waals surface area contributed by atoms with Crippen molar-refractivity contribution in [2.24, 2.45) is 0 Å². The van der Waals surface area contributed by atoms with Crippen LogP contribution >= 0.6 is 11.6 Å². The van der Waals surface area contributed by atoms with E-state index in [-0.39, 0.29) is 5.56 Å². The van der Waals surface area contributed by atoms with Gasteiger partial charge >= 0.3 is 5.97 Å². The van der Waals surface area contributed by atoms with Crippen LogP contribution in [0, 0.1) is 0 Å². The van der Waals surface area contributed by atoms with E-state index in [9.17, 15) is 9.90 Å². The molecule has 0 saturated heterocycles. The first-order chi connectivity index (χ1) is 9.52. The maximum atomic E-state index is 11.3. The molecule has 0 aliphatic carbocycles. The average molecular weight is 292 g/mol. The molecule has 0 atom stereocenters. The number of methoxy groups -OCH3 is 1. The summed E-state index contributed by atoms with van der Waals surface area (Å²) in [6, 6.07) is 12.0. The Morgan fingerprint density at radius 3 is 2.40 bits per heavy atom. The molecule has 0 spiro atoms. The van der Waals surface area contributed by atoms with Gasteiger partial charge in [-0.2, -0.15) is 0 Å². The Balaban J connectivity index is 2.43. The van der Waals surface area contributed by atoms with E-state index >= 15 is 0 Å². The molecule has 4 nitrogen and oxygen atoms in total. The molecule has 0 unspecified atom stereocenters. The molecule has 2 rings (SSSR count). The fourth-order valence-electron chi connectivity index (χ4n) is 1.91. The van der Waals surface area contributed by atoms with Crippen molar-refractivity contribution in [3.05, 3.63) is 53.1 Å². The number of carbonyl (C=O) groups is 1. The van der Waals surface area contributed by atoms with Crippen molar-refractivity contribution in [1.82, 2.24) is 0 Å². The average Bonchev–Trinajstić information content (AvgIpc) is 2.46. The van der Waals surface area contributed by atoms with E-state index in [1.54, 1.807) is 31.2 Å². The molecule has 2 aromatic carbocycles. The van der Waals surface area contributed by atoms with Crippen LogP contribution in [0.2, 0.25) is 5.02 Å². The number of aromatic carboxylic acids is 1. The molecule has 104 valence electrons. The van der Waals surface area contributed by atoms with Gasteiger partial charge in [-0.1, -0.05) is 11.6 Å². The van der Waals surface area contributed by atoms with Gasteiger partial charge in [-0.05, 0) is 42.5 Å². The second-order valence-corrected chi connectivity index (χ2v) is 4.66. The molecule has 5 heteroatoms. The molecule has 0 bridgehead atoms. The number of hydrogen-bond acceptors (Lipinski definition) is 3. The topological polar surface area (TPSA) is 49.8 Å². The van der Waals surface area contributed by atoms with Gasteiger partial charge < -0.3 is 14.7 Å². The van der Waals surface area contributed by atoms with Crippen LogP contribution in [0.1, 0.15) is 10.4 Å². The summed E-state index contributed by atoms with van der Waals surface area (Å²) in [6.45, 7) is 0. The summed E-state index contributed by atoms with van der Waals surface area (Å²) in [5.41, 5.74) is 1.58. The highest BCUT2D eigenvalue weighted by Gasteiger charge is 2.15. The Morgan fingerprint density at radius 1 is 1.20 bits per heavy atom. The number of anilines is 2. The van der Waals surface area contributed by atoms with Crippen molar-refractivity contribution in [2.45, 2.75) is 0 Å². The number of carboxylic acid groups (broad SMARTS) is 1. The summed E-state index contributed by atoms with van der Waals surface area (Å²) in [4.78, 5) is 13.1. The molecule has 0 aliphatic rings. The number of hydrogen-bond donors (Lipinski definition) is 1. The van der Waals surface area contributed by atoms with Crippen LogP contribution in [0.3, 0.4) is 0 Å². The van der Waals surface area contributed by atoms with Crippen molar-refractivity contribution < 1.29 is 14.6 Å². The van der Waals surface area contributed by atoms with Crippen molar-refractivity contribution in [1.29, 1.82) is 0 Å². The molecular formula is C15H14ClNO3. The Hall–Kier alpha value is -2.20. The zero-order chi connectivity index (χ0) is 14.7. The highest BCUT2D eigenvalue weighted by atomic mass is 35.5. The first kappa shape index (κ1) is 14.2. The van der Waals surface area contributed by atoms with Crippen molar-refractivity contribution >= 4 is 28.9 Å². The first-order valence-corrected chi connectivity index (χ1v) is 6.31. The summed E-state index contributed by atoms with van der Waals surface area (Å²) >= 11 is 5.96. The number of nitrogens with zero attached hydrogens (tertiary/aromatic N) is 1. The number of carboxylic acids is 1. The summed E-state index contributed by atoms with van der Waals surface area (Å²) in [5.74, 6) is -0.247. The van der Waals surface area contributed by atoms with Gasteiger partial charge in [0, 0.05) is 17.8 Å². The molecule has 0 fully saturated rings. The summed E-state index contributed by atoms with van der Waals surface area (Å²) in [5, 5.41) is 9.74. The van der Waals surface area contributed by atoms with Crippen molar-refractivity contribution in [2.75, 3.05) is 19.1 Å². The van der Waals surface area contributed by atoms with E-state index in [2.05, 4.69) is 0 Å². The SMILES string of the molecule is COc1ccc(N(C)c2cc(Cl)ccc2C(=O)O)cc1. The van der Waals surface area contributed by atoms with Gasteiger partial charge in [0.2, 0.25) is 0 Å². The summed E-state index contributed by atoms with van der Waals surface area (Å²) < 4.78 is 5.10. The third-order valence-electron chi connectivity index (χ3n) is 3.01. The number of benzene rings is 2. The molecule has 0 aromatic heterocycles. The minimum atomic E-state index is -0.989. The van der Waals surface area contributed by atoms with E-state index in [0.717, 1.165) is 11.4 Å². The Bertz CT molecular complexity index is 626. The summed E-state index contributed by atoms with van der Waals surface area (Å²) in [6.07, 6.45) is 0. The predicted octanol–water partition coefficient (Wildman–Crippen LogP) is 3.81. The summed E-state index contributed by atoms with van der Waals surface area (Å²) in [7, 11) is 3.39. The Morgan fingerprint density at radius 2 is 1.85 bits per heavy atom. The second-order valence-electron chi connectivity index (χ2n) is 4.22. The molecule has 1 N–H and O–H groups in total. The van der Waals surface area contributed by atoms with Gasteiger partial charge in [-0.3, -0.25) is 0 Å². The lowest BCUT2D eigenvalue weighted by Crippen LogP contribution is -2.14. The second kappa shape index (κ2) is 5.84. The molecule has 0 heterocycles. The zero-order valence-electron chi connectivity index (χ0n) is 11.1. The highest BCUT2D eigenvalue weighted by Crippen LogP contribution is 2.30. The molecule has 0 amide bonds. The van der Waals surface area contributed by atoms with Gasteiger partial charge in [-0.15, -0.1) is 0 Å². The van der Waals surface area contributed by atoms with Crippen LogP contribution in [0.25, 0.3) is 0 Å². The van der Waals surface area contributed by atoms with E-state index in [1.807, 2.05) is 24.3 Å². The number of rotatable bonds is 4. The van der Waals surface area contributed by atoms with Crippen molar-refractivity contribution in [3.8, 4) is 5.75 Å². The van der Waals surface area contributed by atoms with Crippen LogP contribution in [0.4, 0.5) is 11.4 Å². The normalized spacial score (nSPS) is 10.2. The Kier molecular flexibility index (Phi) is 4.15. The maximum absolute atomic E-state index is 11.3. The van der Waals surface area contributed by atoms with Crippen LogP contribution in [-0.2, 0) is 0 Å². The van der Waals surface area contributed by atoms with Crippen LogP contribution in [0.15, 0.2) is 42.5 Å². The van der Waals surface area contributed by atoms with E-state index < -0.39 is 5.97 Å². The lowest BCUT2D eigenvalue weighted by atomic mass is 10.1. The fourth-order valence-corrected chi connectivity index (χ4v) is 2.07. The van der Waals surface area contributed by atoms with Gasteiger partial charge in [0.15, 0.2) is 0 Å². The smallest absolute Gasteiger partial charge is 0.337 e. The van der Waals surface area contributed by atoms with E-state index in [4.69, 9.17) is 16.3 Å². The number of ether oxygens (including phenoxy) is 1. The van der Waals surface area contributed by atoms with Crippen LogP contribution < -0.4 is 9.64 Å². The van der Waals surface area contributed by atoms with Crippen LogP contribution in [0.5, 0.6) is 5.75 Å². The first-order valence-electron chi connectivity index (χ1n) is 5.93.